The van der Waals surface area contributed by atoms with Gasteiger partial charge in [0.05, 0.1) is 10.0 Å². The van der Waals surface area contributed by atoms with Gasteiger partial charge in [0, 0.05) is 5.02 Å². The molecule has 0 amide bonds. The van der Waals surface area contributed by atoms with Gasteiger partial charge in [0.15, 0.2) is 0 Å². The maximum absolute atomic E-state index is 11.1. The molecule has 0 saturated heterocycles. The number of nitrogens with zero attached hydrogens (tertiary/aromatic N) is 1. The summed E-state index contributed by atoms with van der Waals surface area (Å²) in [5, 5.41) is -0.724. The lowest BCUT2D eigenvalue weighted by atomic mass is 10.3. The quantitative estimate of drug-likeness (QED) is 0.545. The lowest BCUT2D eigenvalue weighted by molar-refractivity contribution is 0.452. The Balaban J connectivity index is 3.52. The first kappa shape index (κ1) is 16.7. The van der Waals surface area contributed by atoms with Crippen LogP contribution in [0, 0.1) is 0 Å². The zero-order chi connectivity index (χ0) is 15.0. The fraction of sp³-hybridized carbons (Fsp3) is 0. The summed E-state index contributed by atoms with van der Waals surface area (Å²) >= 11 is 16.9. The Morgan fingerprint density at radius 1 is 1.00 bits per heavy atom. The summed E-state index contributed by atoms with van der Waals surface area (Å²) in [5.74, 6) is 0. The van der Waals surface area contributed by atoms with Crippen LogP contribution in [0.4, 0.5) is 5.69 Å². The van der Waals surface area contributed by atoms with Gasteiger partial charge in [-0.05, 0) is 12.1 Å². The van der Waals surface area contributed by atoms with Crippen molar-refractivity contribution in [3.8, 4) is 0 Å². The van der Waals surface area contributed by atoms with Crippen LogP contribution >= 0.6 is 34.8 Å². The summed E-state index contributed by atoms with van der Waals surface area (Å²) in [6.07, 6.45) is 0. The Morgan fingerprint density at radius 3 is 1.74 bits per heavy atom. The van der Waals surface area contributed by atoms with Crippen LogP contribution in [0.15, 0.2) is 12.1 Å². The van der Waals surface area contributed by atoms with Crippen LogP contribution in [0.2, 0.25) is 15.1 Å². The van der Waals surface area contributed by atoms with E-state index in [4.69, 9.17) is 43.9 Å². The summed E-state index contributed by atoms with van der Waals surface area (Å²) < 4.78 is 60.7. The van der Waals surface area contributed by atoms with E-state index in [1.807, 2.05) is 0 Å². The van der Waals surface area contributed by atoms with Crippen LogP contribution in [0.1, 0.15) is 0 Å². The van der Waals surface area contributed by atoms with Gasteiger partial charge in [-0.2, -0.15) is 21.2 Å². The smallest absolute Gasteiger partial charge is 0.272 e. The average molecular weight is 372 g/mol. The lowest BCUT2D eigenvalue weighted by Crippen LogP contribution is -2.46. The second kappa shape index (κ2) is 5.58. The number of hydrazine groups is 1. The highest BCUT2D eigenvalue weighted by molar-refractivity contribution is 7.89. The van der Waals surface area contributed by atoms with Crippen molar-refractivity contribution < 1.29 is 25.9 Å². The molecule has 0 atom stereocenters. The molecule has 13 heteroatoms. The molecule has 0 unspecified atom stereocenters. The van der Waals surface area contributed by atoms with E-state index < -0.39 is 26.3 Å². The van der Waals surface area contributed by atoms with Gasteiger partial charge < -0.3 is 0 Å². The molecule has 8 nitrogen and oxygen atoms in total. The summed E-state index contributed by atoms with van der Waals surface area (Å²) in [6.45, 7) is 0. The van der Waals surface area contributed by atoms with Crippen LogP contribution in [0.5, 0.6) is 0 Å². The number of rotatable bonds is 4. The maximum Gasteiger partial charge on any atom is 0.374 e. The number of nitrogens with one attached hydrogen (secondary N) is 1. The number of halogens is 3. The second-order valence-corrected chi connectivity index (χ2v) is 6.67. The minimum atomic E-state index is -5.14. The monoisotopic (exact) mass is 370 g/mol. The zero-order valence-corrected chi connectivity index (χ0v) is 12.5. The molecule has 0 radical (unpaired) electrons. The highest BCUT2D eigenvalue weighted by atomic mass is 35.5. The van der Waals surface area contributed by atoms with Crippen molar-refractivity contribution in [2.75, 3.05) is 4.41 Å². The Bertz CT molecular complexity index is 681. The summed E-state index contributed by atoms with van der Waals surface area (Å²) in [4.78, 5) is 1.12. The van der Waals surface area contributed by atoms with E-state index in [-0.39, 0.29) is 19.5 Å². The van der Waals surface area contributed by atoms with Crippen molar-refractivity contribution in [2.24, 2.45) is 0 Å². The normalized spacial score (nSPS) is 12.5. The molecule has 0 aromatic heterocycles. The van der Waals surface area contributed by atoms with Crippen LogP contribution in [0.25, 0.3) is 0 Å². The highest BCUT2D eigenvalue weighted by Crippen LogP contribution is 2.36. The third-order valence-corrected chi connectivity index (χ3v) is 3.67. The van der Waals surface area contributed by atoms with Crippen molar-refractivity contribution in [2.45, 2.75) is 0 Å². The third-order valence-electron chi connectivity index (χ3n) is 1.61. The molecule has 0 aliphatic rings. The van der Waals surface area contributed by atoms with Crippen molar-refractivity contribution in [1.29, 1.82) is 0 Å². The van der Waals surface area contributed by atoms with Crippen LogP contribution in [-0.4, -0.2) is 25.9 Å². The summed E-state index contributed by atoms with van der Waals surface area (Å²) in [5.41, 5.74) is -0.632. The van der Waals surface area contributed by atoms with E-state index >= 15 is 0 Å². The Kier molecular flexibility index (Phi) is 4.91. The molecule has 0 aliphatic carbocycles. The molecular weight excluding hydrogens is 367 g/mol. The number of hydrogen-bond donors (Lipinski definition) is 3. The van der Waals surface area contributed by atoms with E-state index in [1.165, 1.54) is 0 Å². The topological polar surface area (TPSA) is 124 Å². The van der Waals surface area contributed by atoms with E-state index in [0.29, 0.717) is 0 Å². The van der Waals surface area contributed by atoms with Gasteiger partial charge in [0.1, 0.15) is 5.69 Å². The second-order valence-electron chi connectivity index (χ2n) is 3.03. The van der Waals surface area contributed by atoms with Gasteiger partial charge in [0.2, 0.25) is 0 Å². The molecule has 1 aromatic rings. The molecule has 0 saturated carbocycles. The number of hydrogen-bond acceptors (Lipinski definition) is 4. The largest absolute Gasteiger partial charge is 0.374 e. The molecule has 1 aromatic carbocycles. The first-order valence-electron chi connectivity index (χ1n) is 4.09. The average Bonchev–Trinajstić information content (AvgIpc) is 2.10. The summed E-state index contributed by atoms with van der Waals surface area (Å²) in [7, 11) is -10.1. The van der Waals surface area contributed by atoms with E-state index in [9.17, 15) is 16.8 Å². The third kappa shape index (κ3) is 4.61. The Labute approximate surface area is 123 Å². The van der Waals surface area contributed by atoms with Gasteiger partial charge >= 0.3 is 20.6 Å². The number of benzene rings is 1. The minimum absolute atomic E-state index is 0.0425. The van der Waals surface area contributed by atoms with Gasteiger partial charge in [0.25, 0.3) is 0 Å². The SMILES string of the molecule is O=S(=O)(O)NN(c1c(Cl)cc(Cl)cc1Cl)S(=O)(=O)O. The predicted octanol–water partition coefficient (Wildman–Crippen LogP) is 1.56. The molecule has 0 aliphatic heterocycles. The first-order valence-corrected chi connectivity index (χ1v) is 8.06. The Hall–Kier alpha value is -0.330. The zero-order valence-electron chi connectivity index (χ0n) is 8.58. The van der Waals surface area contributed by atoms with Gasteiger partial charge in [-0.15, -0.1) is 0 Å². The molecule has 3 N–H and O–H groups in total. The van der Waals surface area contributed by atoms with Crippen LogP contribution in [-0.2, 0) is 20.6 Å². The molecule has 1 rings (SSSR count). The Morgan fingerprint density at radius 2 is 1.42 bits per heavy atom. The standard InChI is InChI=1S/C6H5Cl3N2O6S2/c7-3-1-4(8)6(5(9)2-3)11(19(15,16)17)10-18(12,13)14/h1-2,10H,(H,12,13,14)(H,15,16,17). The van der Waals surface area contributed by atoms with Crippen molar-refractivity contribution in [3.63, 3.8) is 0 Å². The molecule has 0 fully saturated rings. The van der Waals surface area contributed by atoms with Crippen molar-refractivity contribution in [1.82, 2.24) is 4.83 Å². The van der Waals surface area contributed by atoms with Gasteiger partial charge in [-0.3, -0.25) is 9.11 Å². The fourth-order valence-electron chi connectivity index (χ4n) is 1.04. The molecule has 108 valence electrons. The minimum Gasteiger partial charge on any atom is -0.272 e. The lowest BCUT2D eigenvalue weighted by Gasteiger charge is -2.21. The van der Waals surface area contributed by atoms with Gasteiger partial charge in [-0.25, -0.2) is 0 Å². The molecule has 0 heterocycles. The molecule has 19 heavy (non-hydrogen) atoms. The predicted molar refractivity (Wildman–Crippen MR) is 70.2 cm³/mol. The maximum atomic E-state index is 11.1. The van der Waals surface area contributed by atoms with Crippen molar-refractivity contribution in [3.05, 3.63) is 27.2 Å². The van der Waals surface area contributed by atoms with Crippen molar-refractivity contribution >= 4 is 61.1 Å². The highest BCUT2D eigenvalue weighted by Gasteiger charge is 2.29. The number of anilines is 1. The molecular formula is C6H5Cl3N2O6S2. The van der Waals surface area contributed by atoms with Crippen LogP contribution in [0.3, 0.4) is 0 Å². The molecule has 0 spiro atoms. The summed E-state index contributed by atoms with van der Waals surface area (Å²) in [6, 6.07) is 2.10. The van der Waals surface area contributed by atoms with Crippen LogP contribution < -0.4 is 9.25 Å². The van der Waals surface area contributed by atoms with E-state index in [0.717, 1.165) is 17.0 Å². The van der Waals surface area contributed by atoms with E-state index in [1.54, 1.807) is 0 Å². The fourth-order valence-corrected chi connectivity index (χ4v) is 3.52. The molecule has 0 bridgehead atoms. The van der Waals surface area contributed by atoms with Gasteiger partial charge in [-0.1, -0.05) is 39.6 Å². The van der Waals surface area contributed by atoms with E-state index in [2.05, 4.69) is 0 Å². The first-order chi connectivity index (χ1) is 8.42.